The number of Topliss-reactive ketones (excluding diaryl/α,β-unsaturated/α-hetero) is 1. The van der Waals surface area contributed by atoms with Gasteiger partial charge in [0.25, 0.3) is 0 Å². The Morgan fingerprint density at radius 2 is 1.82 bits per heavy atom. The summed E-state index contributed by atoms with van der Waals surface area (Å²) in [5, 5.41) is 27.9. The monoisotopic (exact) mass is 400 g/mol. The Kier molecular flexibility index (Phi) is 6.41. The van der Waals surface area contributed by atoms with Gasteiger partial charge in [-0.15, -0.1) is 0 Å². The molecule has 1 unspecified atom stereocenters. The predicted octanol–water partition coefficient (Wildman–Crippen LogP) is 2.52. The zero-order valence-electron chi connectivity index (χ0n) is 14.9. The molecule has 0 bridgehead atoms. The number of carbonyl (C=O) groups is 2. The molecule has 0 spiro atoms. The van der Waals surface area contributed by atoms with Crippen LogP contribution in [-0.4, -0.2) is 52.1 Å². The van der Waals surface area contributed by atoms with Crippen molar-refractivity contribution in [3.8, 4) is 5.75 Å². The molecular weight excluding hydrogens is 380 g/mol. The number of phenolic OH excluding ortho intramolecular Hbond substituents is 1. The first-order chi connectivity index (χ1) is 13.5. The number of fused-ring (bicyclic) bond motifs is 1. The molecule has 5 N–H and O–H groups in total. The second kappa shape index (κ2) is 9.16. The maximum absolute atomic E-state index is 12.5. The number of nitrogens with zero attached hydrogens (tertiary/aromatic N) is 1. The summed E-state index contributed by atoms with van der Waals surface area (Å²) in [6.45, 7) is 1.24. The Morgan fingerprint density at radius 1 is 1.07 bits per heavy atom. The number of carboxylic acid groups (broad SMARTS) is 1. The van der Waals surface area contributed by atoms with Crippen LogP contribution < -0.4 is 16.0 Å². The minimum Gasteiger partial charge on any atom is -0.508 e. The lowest BCUT2D eigenvalue weighted by Crippen LogP contribution is -2.47. The number of nitrogens with one attached hydrogen (secondary N) is 3. The lowest BCUT2D eigenvalue weighted by Gasteiger charge is -2.17. The average Bonchev–Trinajstić information content (AvgIpc) is 3.10. The number of ketones is 1. The Morgan fingerprint density at radius 3 is 2.57 bits per heavy atom. The molecule has 1 atom stereocenters. The zero-order valence-corrected chi connectivity index (χ0v) is 15.7. The van der Waals surface area contributed by atoms with Crippen LogP contribution in [0.15, 0.2) is 48.5 Å². The second-order valence-electron chi connectivity index (χ2n) is 6.07. The van der Waals surface area contributed by atoms with Crippen LogP contribution in [0.1, 0.15) is 10.4 Å². The van der Waals surface area contributed by atoms with E-state index in [1.54, 1.807) is 0 Å². The number of carbonyl (C=O) groups excluding carboxylic acids is 1. The lowest BCUT2D eigenvalue weighted by molar-refractivity contribution is 0.0936. The van der Waals surface area contributed by atoms with Gasteiger partial charge in [0, 0.05) is 30.6 Å². The molecule has 0 aliphatic carbocycles. The van der Waals surface area contributed by atoms with Crippen LogP contribution in [0, 0.1) is 0 Å². The molecule has 146 valence electrons. The van der Waals surface area contributed by atoms with Gasteiger partial charge in [0.1, 0.15) is 17.6 Å². The van der Waals surface area contributed by atoms with Crippen molar-refractivity contribution in [2.75, 3.05) is 25.0 Å². The van der Waals surface area contributed by atoms with Gasteiger partial charge < -0.3 is 26.2 Å². The minimum absolute atomic E-state index is 0.0399. The molecule has 9 heteroatoms. The average molecular weight is 400 g/mol. The third-order valence-electron chi connectivity index (χ3n) is 4.09. The number of hydrogen-bond donors (Lipinski definition) is 5. The summed E-state index contributed by atoms with van der Waals surface area (Å²) >= 11 is 1.42. The molecule has 8 nitrogen and oxygen atoms in total. The predicted molar refractivity (Wildman–Crippen MR) is 108 cm³/mol. The number of amides is 1. The molecule has 0 aliphatic rings. The van der Waals surface area contributed by atoms with Crippen molar-refractivity contribution in [2.24, 2.45) is 0 Å². The van der Waals surface area contributed by atoms with Crippen LogP contribution in [0.5, 0.6) is 5.75 Å². The highest BCUT2D eigenvalue weighted by molar-refractivity contribution is 7.13. The van der Waals surface area contributed by atoms with E-state index in [2.05, 4.69) is 20.3 Å². The Labute approximate surface area is 165 Å². The Hall–Kier alpha value is -3.17. The van der Waals surface area contributed by atoms with E-state index in [4.69, 9.17) is 5.11 Å². The van der Waals surface area contributed by atoms with Crippen molar-refractivity contribution < 1.29 is 19.8 Å². The topological polar surface area (TPSA) is 124 Å². The summed E-state index contributed by atoms with van der Waals surface area (Å²) in [6.07, 6.45) is -1.27. The van der Waals surface area contributed by atoms with E-state index in [-0.39, 0.29) is 18.1 Å². The molecule has 0 radical (unpaired) electrons. The van der Waals surface area contributed by atoms with Crippen LogP contribution in [0.4, 0.5) is 10.6 Å². The first-order valence-electron chi connectivity index (χ1n) is 8.66. The standard InChI is InChI=1S/C19H20N4O4S/c24-13-7-5-12(6-8-13)17(25)15(22-19(26)27)11-20-9-10-21-18-14-3-1-2-4-16(14)28-23-18/h1-8,15,20,22,24H,9-11H2,(H,21,23)(H,26,27). The number of rotatable bonds is 9. The molecule has 3 aromatic rings. The van der Waals surface area contributed by atoms with Crippen molar-refractivity contribution in [1.82, 2.24) is 15.0 Å². The molecule has 1 amide bonds. The molecule has 0 saturated carbocycles. The van der Waals surface area contributed by atoms with E-state index in [9.17, 15) is 14.7 Å². The molecule has 1 heterocycles. The number of aromatic nitrogens is 1. The SMILES string of the molecule is O=C(O)NC(CNCCNc1nsc2ccccc12)C(=O)c1ccc(O)cc1. The van der Waals surface area contributed by atoms with Crippen LogP contribution in [-0.2, 0) is 0 Å². The van der Waals surface area contributed by atoms with Gasteiger partial charge in [-0.05, 0) is 47.9 Å². The van der Waals surface area contributed by atoms with E-state index in [0.29, 0.717) is 18.7 Å². The molecule has 2 aromatic carbocycles. The van der Waals surface area contributed by atoms with Crippen molar-refractivity contribution >= 4 is 39.3 Å². The maximum atomic E-state index is 12.5. The van der Waals surface area contributed by atoms with Gasteiger partial charge in [0.15, 0.2) is 5.78 Å². The number of phenols is 1. The van der Waals surface area contributed by atoms with Gasteiger partial charge in [0.2, 0.25) is 0 Å². The summed E-state index contributed by atoms with van der Waals surface area (Å²) in [6, 6.07) is 12.7. The van der Waals surface area contributed by atoms with Crippen molar-refractivity contribution in [3.05, 3.63) is 54.1 Å². The molecule has 28 heavy (non-hydrogen) atoms. The second-order valence-corrected chi connectivity index (χ2v) is 6.88. The highest BCUT2D eigenvalue weighted by Crippen LogP contribution is 2.25. The summed E-state index contributed by atoms with van der Waals surface area (Å²) in [5.41, 5.74) is 0.324. The third-order valence-corrected chi connectivity index (χ3v) is 4.91. The fraction of sp³-hybridized carbons (Fsp3) is 0.211. The van der Waals surface area contributed by atoms with E-state index in [1.807, 2.05) is 24.3 Å². The molecular formula is C19H20N4O4S. The molecule has 0 fully saturated rings. The van der Waals surface area contributed by atoms with Crippen LogP contribution in [0.25, 0.3) is 10.1 Å². The largest absolute Gasteiger partial charge is 0.508 e. The fourth-order valence-corrected chi connectivity index (χ4v) is 3.47. The Bertz CT molecular complexity index is 958. The van der Waals surface area contributed by atoms with Gasteiger partial charge in [-0.1, -0.05) is 12.1 Å². The van der Waals surface area contributed by atoms with E-state index < -0.39 is 12.1 Å². The molecule has 0 aliphatic heterocycles. The maximum Gasteiger partial charge on any atom is 0.405 e. The molecule has 3 rings (SSSR count). The van der Waals surface area contributed by atoms with Gasteiger partial charge in [-0.25, -0.2) is 4.79 Å². The summed E-state index contributed by atoms with van der Waals surface area (Å²) in [7, 11) is 0. The first kappa shape index (κ1) is 19.6. The molecule has 1 aromatic heterocycles. The normalized spacial score (nSPS) is 11.9. The van der Waals surface area contributed by atoms with Crippen molar-refractivity contribution in [3.63, 3.8) is 0 Å². The first-order valence-corrected chi connectivity index (χ1v) is 9.43. The van der Waals surface area contributed by atoms with E-state index in [0.717, 1.165) is 15.9 Å². The van der Waals surface area contributed by atoms with Gasteiger partial charge in [-0.2, -0.15) is 4.37 Å². The van der Waals surface area contributed by atoms with Gasteiger partial charge in [0.05, 0.1) is 4.70 Å². The van der Waals surface area contributed by atoms with Gasteiger partial charge >= 0.3 is 6.09 Å². The number of anilines is 1. The Balaban J connectivity index is 1.51. The van der Waals surface area contributed by atoms with E-state index >= 15 is 0 Å². The van der Waals surface area contributed by atoms with Crippen LogP contribution in [0.3, 0.4) is 0 Å². The highest BCUT2D eigenvalue weighted by Gasteiger charge is 2.21. The van der Waals surface area contributed by atoms with Gasteiger partial charge in [-0.3, -0.25) is 4.79 Å². The minimum atomic E-state index is -1.27. The molecule has 0 saturated heterocycles. The van der Waals surface area contributed by atoms with Crippen LogP contribution >= 0.6 is 11.5 Å². The van der Waals surface area contributed by atoms with Crippen LogP contribution in [0.2, 0.25) is 0 Å². The summed E-state index contributed by atoms with van der Waals surface area (Å²) in [4.78, 5) is 23.5. The lowest BCUT2D eigenvalue weighted by atomic mass is 10.0. The number of aromatic hydroxyl groups is 1. The third kappa shape index (κ3) is 4.96. The number of benzene rings is 2. The summed E-state index contributed by atoms with van der Waals surface area (Å²) in [5.74, 6) is 0.481. The zero-order chi connectivity index (χ0) is 19.9. The van der Waals surface area contributed by atoms with Crippen molar-refractivity contribution in [1.29, 1.82) is 0 Å². The fourth-order valence-electron chi connectivity index (χ4n) is 2.71. The van der Waals surface area contributed by atoms with E-state index in [1.165, 1.54) is 35.8 Å². The quantitative estimate of drug-likeness (QED) is 0.276. The number of hydrogen-bond acceptors (Lipinski definition) is 7. The van der Waals surface area contributed by atoms with Crippen molar-refractivity contribution in [2.45, 2.75) is 6.04 Å². The summed E-state index contributed by atoms with van der Waals surface area (Å²) < 4.78 is 5.48. The smallest absolute Gasteiger partial charge is 0.405 e. The highest BCUT2D eigenvalue weighted by atomic mass is 32.1.